The Kier molecular flexibility index (Phi) is 4.47. The fourth-order valence-electron chi connectivity index (χ4n) is 1.32. The predicted molar refractivity (Wildman–Crippen MR) is 60.2 cm³/mol. The second-order valence-electron chi connectivity index (χ2n) is 3.38. The van der Waals surface area contributed by atoms with E-state index in [4.69, 9.17) is 9.47 Å². The number of carbonyl (C=O) groups excluding carboxylic acids is 2. The molecular formula is C11H13NO6. The van der Waals surface area contributed by atoms with Gasteiger partial charge in [-0.05, 0) is 6.92 Å². The first-order chi connectivity index (χ1) is 8.45. The molecule has 7 heteroatoms. The third-order valence-corrected chi connectivity index (χ3v) is 2.02. The fraction of sp³-hybridized carbons (Fsp3) is 0.364. The lowest BCUT2D eigenvalue weighted by atomic mass is 10.1. The van der Waals surface area contributed by atoms with E-state index in [0.717, 1.165) is 6.07 Å². The molecule has 7 nitrogen and oxygen atoms in total. The summed E-state index contributed by atoms with van der Waals surface area (Å²) in [7, 11) is 0. The molecule has 0 bridgehead atoms. The Balaban J connectivity index is 3.16. The van der Waals surface area contributed by atoms with Gasteiger partial charge >= 0.3 is 11.9 Å². The number of esters is 2. The number of pyridine rings is 1. The summed E-state index contributed by atoms with van der Waals surface area (Å²) in [5.74, 6) is -1.97. The molecule has 0 saturated carbocycles. The van der Waals surface area contributed by atoms with E-state index < -0.39 is 23.4 Å². The zero-order chi connectivity index (χ0) is 13.7. The Morgan fingerprint density at radius 3 is 2.61 bits per heavy atom. The van der Waals surface area contributed by atoms with Gasteiger partial charge in [-0.3, -0.25) is 14.6 Å². The van der Waals surface area contributed by atoms with Crippen molar-refractivity contribution in [2.24, 2.45) is 0 Å². The zero-order valence-electron chi connectivity index (χ0n) is 9.98. The molecule has 1 rings (SSSR count). The number of rotatable bonds is 4. The third kappa shape index (κ3) is 3.34. The minimum Gasteiger partial charge on any atom is -0.494 e. The first-order valence-corrected chi connectivity index (χ1v) is 5.21. The molecule has 0 aliphatic rings. The Morgan fingerprint density at radius 2 is 2.06 bits per heavy atom. The highest BCUT2D eigenvalue weighted by atomic mass is 16.5. The van der Waals surface area contributed by atoms with E-state index in [1.807, 2.05) is 0 Å². The van der Waals surface area contributed by atoms with Crippen molar-refractivity contribution in [1.82, 2.24) is 4.98 Å². The van der Waals surface area contributed by atoms with Crippen molar-refractivity contribution < 1.29 is 24.2 Å². The molecular weight excluding hydrogens is 242 g/mol. The van der Waals surface area contributed by atoms with Crippen LogP contribution in [0.1, 0.15) is 29.8 Å². The van der Waals surface area contributed by atoms with Crippen molar-refractivity contribution in [1.29, 1.82) is 0 Å². The van der Waals surface area contributed by atoms with Crippen LogP contribution in [0.3, 0.4) is 0 Å². The van der Waals surface area contributed by atoms with Gasteiger partial charge in [-0.25, -0.2) is 4.79 Å². The number of carbonyl (C=O) groups is 2. The summed E-state index contributed by atoms with van der Waals surface area (Å²) >= 11 is 0. The maximum atomic E-state index is 11.6. The molecule has 0 amide bonds. The number of aromatic hydroxyl groups is 1. The number of ether oxygens (including phenoxy) is 2. The van der Waals surface area contributed by atoms with E-state index in [9.17, 15) is 19.5 Å². The van der Waals surface area contributed by atoms with Crippen LogP contribution in [-0.4, -0.2) is 28.6 Å². The summed E-state index contributed by atoms with van der Waals surface area (Å²) in [4.78, 5) is 35.5. The topological polar surface area (TPSA) is 106 Å². The van der Waals surface area contributed by atoms with Crippen LogP contribution in [0.15, 0.2) is 10.9 Å². The highest BCUT2D eigenvalue weighted by molar-refractivity contribution is 5.93. The molecule has 0 radical (unpaired) electrons. The summed E-state index contributed by atoms with van der Waals surface area (Å²) in [6, 6.07) is 1.06. The molecule has 18 heavy (non-hydrogen) atoms. The summed E-state index contributed by atoms with van der Waals surface area (Å²) in [6.07, 6.45) is 0. The highest BCUT2D eigenvalue weighted by Crippen LogP contribution is 2.18. The Morgan fingerprint density at radius 1 is 1.39 bits per heavy atom. The van der Waals surface area contributed by atoms with Crippen molar-refractivity contribution >= 4 is 11.9 Å². The van der Waals surface area contributed by atoms with Crippen molar-refractivity contribution in [3.63, 3.8) is 0 Å². The van der Waals surface area contributed by atoms with E-state index in [-0.39, 0.29) is 24.3 Å². The number of nitrogens with one attached hydrogen (secondary N) is 1. The van der Waals surface area contributed by atoms with Crippen LogP contribution in [0.4, 0.5) is 0 Å². The quantitative estimate of drug-likeness (QED) is 0.750. The SMILES string of the molecule is CCOC(=O)c1c(COC(C)=O)cc(=O)[nH]c1O. The van der Waals surface area contributed by atoms with Crippen LogP contribution in [0.5, 0.6) is 5.88 Å². The second kappa shape index (κ2) is 5.85. The van der Waals surface area contributed by atoms with Gasteiger partial charge in [0.25, 0.3) is 5.56 Å². The number of hydrogen-bond acceptors (Lipinski definition) is 6. The Bertz CT molecular complexity index is 519. The maximum Gasteiger partial charge on any atom is 0.343 e. The normalized spacial score (nSPS) is 9.89. The molecule has 1 heterocycles. The summed E-state index contributed by atoms with van der Waals surface area (Å²) in [5.41, 5.74) is -0.731. The van der Waals surface area contributed by atoms with Gasteiger partial charge in [0.15, 0.2) is 0 Å². The first-order valence-electron chi connectivity index (χ1n) is 5.21. The standard InChI is InChI=1S/C11H13NO6/c1-3-17-11(16)9-7(5-18-6(2)13)4-8(14)12-10(9)15/h4H,3,5H2,1-2H3,(H2,12,14,15). The monoisotopic (exact) mass is 255 g/mol. The molecule has 0 spiro atoms. The number of aromatic nitrogens is 1. The van der Waals surface area contributed by atoms with E-state index in [1.165, 1.54) is 6.92 Å². The molecule has 98 valence electrons. The third-order valence-electron chi connectivity index (χ3n) is 2.02. The van der Waals surface area contributed by atoms with E-state index in [0.29, 0.717) is 0 Å². The Labute approximate surface area is 102 Å². The lowest BCUT2D eigenvalue weighted by Gasteiger charge is -2.09. The smallest absolute Gasteiger partial charge is 0.343 e. The minimum atomic E-state index is -0.798. The summed E-state index contributed by atoms with van der Waals surface area (Å²) in [6.45, 7) is 2.62. The average molecular weight is 255 g/mol. The van der Waals surface area contributed by atoms with Gasteiger partial charge in [-0.1, -0.05) is 0 Å². The minimum absolute atomic E-state index is 0.0879. The van der Waals surface area contributed by atoms with Crippen LogP contribution in [-0.2, 0) is 20.9 Å². The molecule has 1 aromatic rings. The van der Waals surface area contributed by atoms with Crippen molar-refractivity contribution in [2.45, 2.75) is 20.5 Å². The average Bonchev–Trinajstić information content (AvgIpc) is 2.25. The van der Waals surface area contributed by atoms with Crippen molar-refractivity contribution in [3.05, 3.63) is 27.5 Å². The lowest BCUT2D eigenvalue weighted by Crippen LogP contribution is -2.16. The second-order valence-corrected chi connectivity index (χ2v) is 3.38. The van der Waals surface area contributed by atoms with Gasteiger partial charge in [0, 0.05) is 18.6 Å². The van der Waals surface area contributed by atoms with E-state index in [1.54, 1.807) is 6.92 Å². The molecule has 0 saturated heterocycles. The van der Waals surface area contributed by atoms with Crippen LogP contribution < -0.4 is 5.56 Å². The number of aromatic amines is 1. The Hall–Kier alpha value is -2.31. The highest BCUT2D eigenvalue weighted by Gasteiger charge is 2.19. The van der Waals surface area contributed by atoms with Crippen molar-refractivity contribution in [3.8, 4) is 5.88 Å². The summed E-state index contributed by atoms with van der Waals surface area (Å²) in [5, 5.41) is 9.54. The van der Waals surface area contributed by atoms with Gasteiger partial charge in [0.1, 0.15) is 12.2 Å². The van der Waals surface area contributed by atoms with Gasteiger partial charge in [-0.15, -0.1) is 0 Å². The molecule has 0 atom stereocenters. The van der Waals surface area contributed by atoms with Crippen LogP contribution in [0.25, 0.3) is 0 Å². The van der Waals surface area contributed by atoms with Crippen LogP contribution >= 0.6 is 0 Å². The van der Waals surface area contributed by atoms with Gasteiger partial charge < -0.3 is 14.6 Å². The van der Waals surface area contributed by atoms with E-state index >= 15 is 0 Å². The molecule has 0 unspecified atom stereocenters. The summed E-state index contributed by atoms with van der Waals surface area (Å²) < 4.78 is 9.43. The van der Waals surface area contributed by atoms with Crippen molar-refractivity contribution in [2.75, 3.05) is 6.61 Å². The molecule has 0 fully saturated rings. The maximum absolute atomic E-state index is 11.6. The molecule has 2 N–H and O–H groups in total. The van der Waals surface area contributed by atoms with Crippen LogP contribution in [0, 0.1) is 0 Å². The van der Waals surface area contributed by atoms with Gasteiger partial charge in [0.2, 0.25) is 5.88 Å². The predicted octanol–water partition coefficient (Wildman–Crippen LogP) is 0.320. The molecule has 0 aliphatic heterocycles. The number of H-pyrrole nitrogens is 1. The first kappa shape index (κ1) is 13.8. The van der Waals surface area contributed by atoms with Gasteiger partial charge in [0.05, 0.1) is 6.61 Å². The van der Waals surface area contributed by atoms with Gasteiger partial charge in [-0.2, -0.15) is 0 Å². The largest absolute Gasteiger partial charge is 0.494 e. The zero-order valence-corrected chi connectivity index (χ0v) is 9.98. The van der Waals surface area contributed by atoms with E-state index in [2.05, 4.69) is 4.98 Å². The molecule has 1 aromatic heterocycles. The lowest BCUT2D eigenvalue weighted by molar-refractivity contribution is -0.142. The fourth-order valence-corrected chi connectivity index (χ4v) is 1.32. The van der Waals surface area contributed by atoms with Crippen LogP contribution in [0.2, 0.25) is 0 Å². The number of hydrogen-bond donors (Lipinski definition) is 2. The molecule has 0 aromatic carbocycles. The molecule has 0 aliphatic carbocycles.